The van der Waals surface area contributed by atoms with Crippen molar-refractivity contribution in [3.05, 3.63) is 35.4 Å². The van der Waals surface area contributed by atoms with Crippen molar-refractivity contribution in [2.24, 2.45) is 5.73 Å². The molecule has 1 heterocycles. The summed E-state index contributed by atoms with van der Waals surface area (Å²) in [5, 5.41) is 1.20. The Morgan fingerprint density at radius 1 is 1.11 bits per heavy atom. The number of para-hydroxylation sites is 1. The van der Waals surface area contributed by atoms with E-state index in [2.05, 4.69) is 18.0 Å². The number of hydrogen-bond donors (Lipinski definition) is 2. The molecular formula is C15H21N3. The Morgan fingerprint density at radius 2 is 1.89 bits per heavy atom. The smallest absolute Gasteiger partial charge is 0.128 e. The van der Waals surface area contributed by atoms with Gasteiger partial charge in [-0.25, -0.2) is 4.98 Å². The Kier molecular flexibility index (Phi) is 4.15. The van der Waals surface area contributed by atoms with Crippen LogP contribution in [-0.4, -0.2) is 4.98 Å². The molecule has 2 rings (SSSR count). The number of nitrogens with zero attached hydrogens (tertiary/aromatic N) is 1. The van der Waals surface area contributed by atoms with Crippen LogP contribution >= 0.6 is 0 Å². The number of rotatable bonds is 5. The molecular weight excluding hydrogens is 222 g/mol. The van der Waals surface area contributed by atoms with E-state index in [1.165, 1.54) is 30.2 Å². The number of nitrogens with two attached hydrogens (primary N) is 2. The van der Waals surface area contributed by atoms with Gasteiger partial charge in [-0.2, -0.15) is 0 Å². The maximum Gasteiger partial charge on any atom is 0.128 e. The van der Waals surface area contributed by atoms with Crippen LogP contribution in [0.2, 0.25) is 0 Å². The summed E-state index contributed by atoms with van der Waals surface area (Å²) in [5.74, 6) is 0.586. The Morgan fingerprint density at radius 3 is 2.61 bits per heavy atom. The second-order valence-corrected chi connectivity index (χ2v) is 4.63. The summed E-state index contributed by atoms with van der Waals surface area (Å²) < 4.78 is 0. The summed E-state index contributed by atoms with van der Waals surface area (Å²) in [6, 6.07) is 8.16. The third kappa shape index (κ3) is 2.46. The minimum atomic E-state index is 0.463. The van der Waals surface area contributed by atoms with E-state index in [0.29, 0.717) is 12.4 Å². The molecule has 1 aromatic heterocycles. The van der Waals surface area contributed by atoms with Gasteiger partial charge in [0.25, 0.3) is 0 Å². The summed E-state index contributed by atoms with van der Waals surface area (Å²) in [6.07, 6.45) is 4.67. The van der Waals surface area contributed by atoms with Gasteiger partial charge in [-0.1, -0.05) is 38.0 Å². The van der Waals surface area contributed by atoms with E-state index in [1.807, 2.05) is 18.2 Å². The van der Waals surface area contributed by atoms with Gasteiger partial charge in [0.15, 0.2) is 0 Å². The molecule has 0 atom stereocenters. The van der Waals surface area contributed by atoms with E-state index in [1.54, 1.807) is 0 Å². The van der Waals surface area contributed by atoms with E-state index >= 15 is 0 Å². The van der Waals surface area contributed by atoms with Gasteiger partial charge in [-0.05, 0) is 24.5 Å². The van der Waals surface area contributed by atoms with Crippen molar-refractivity contribution in [2.75, 3.05) is 5.73 Å². The average Bonchev–Trinajstić information content (AvgIpc) is 2.38. The van der Waals surface area contributed by atoms with Crippen LogP contribution in [0.5, 0.6) is 0 Å². The monoisotopic (exact) mass is 243 g/mol. The van der Waals surface area contributed by atoms with Gasteiger partial charge in [-0.15, -0.1) is 0 Å². The zero-order chi connectivity index (χ0) is 13.0. The summed E-state index contributed by atoms with van der Waals surface area (Å²) >= 11 is 0. The predicted molar refractivity (Wildman–Crippen MR) is 77.3 cm³/mol. The molecule has 0 saturated heterocycles. The highest BCUT2D eigenvalue weighted by molar-refractivity contribution is 5.85. The van der Waals surface area contributed by atoms with E-state index < -0.39 is 0 Å². The summed E-state index contributed by atoms with van der Waals surface area (Å²) in [5.41, 5.74) is 15.1. The van der Waals surface area contributed by atoms with Crippen molar-refractivity contribution in [1.29, 1.82) is 0 Å². The Balaban J connectivity index is 2.50. The number of nitrogen functional groups attached to an aromatic ring is 1. The van der Waals surface area contributed by atoms with Crippen LogP contribution in [-0.2, 0) is 13.0 Å². The first kappa shape index (κ1) is 12.8. The van der Waals surface area contributed by atoms with E-state index in [0.717, 1.165) is 17.5 Å². The summed E-state index contributed by atoms with van der Waals surface area (Å²) in [7, 11) is 0. The van der Waals surface area contributed by atoms with Crippen LogP contribution in [0.1, 0.15) is 37.3 Å². The summed E-state index contributed by atoms with van der Waals surface area (Å²) in [4.78, 5) is 4.43. The van der Waals surface area contributed by atoms with Gasteiger partial charge in [0, 0.05) is 17.5 Å². The lowest BCUT2D eigenvalue weighted by Crippen LogP contribution is -2.09. The SMILES string of the molecule is CCCCCc1c(CN)c(N)nc2ccccc12. The first-order valence-electron chi connectivity index (χ1n) is 6.64. The molecule has 0 aliphatic heterocycles. The fraction of sp³-hybridized carbons (Fsp3) is 0.400. The van der Waals surface area contributed by atoms with Crippen molar-refractivity contribution in [2.45, 2.75) is 39.2 Å². The molecule has 18 heavy (non-hydrogen) atoms. The predicted octanol–water partition coefficient (Wildman–Crippen LogP) is 3.01. The molecule has 0 amide bonds. The second kappa shape index (κ2) is 5.83. The molecule has 2 aromatic rings. The molecule has 0 unspecified atom stereocenters. The highest BCUT2D eigenvalue weighted by Crippen LogP contribution is 2.26. The first-order chi connectivity index (χ1) is 8.77. The summed E-state index contributed by atoms with van der Waals surface area (Å²) in [6.45, 7) is 2.67. The maximum atomic E-state index is 6.01. The Hall–Kier alpha value is -1.61. The van der Waals surface area contributed by atoms with Gasteiger partial charge >= 0.3 is 0 Å². The molecule has 0 fully saturated rings. The van der Waals surface area contributed by atoms with Crippen molar-refractivity contribution in [3.63, 3.8) is 0 Å². The fourth-order valence-electron chi connectivity index (χ4n) is 2.41. The van der Waals surface area contributed by atoms with E-state index in [4.69, 9.17) is 11.5 Å². The standard InChI is InChI=1S/C15H21N3/c1-2-3-4-7-11-12-8-5-6-9-14(12)18-15(17)13(11)10-16/h5-6,8-9H,2-4,7,10,16H2,1H3,(H2,17,18). The molecule has 4 N–H and O–H groups in total. The maximum absolute atomic E-state index is 6.01. The first-order valence-corrected chi connectivity index (χ1v) is 6.64. The molecule has 96 valence electrons. The molecule has 0 spiro atoms. The zero-order valence-corrected chi connectivity index (χ0v) is 10.9. The van der Waals surface area contributed by atoms with E-state index in [9.17, 15) is 0 Å². The number of hydrogen-bond acceptors (Lipinski definition) is 3. The number of aromatic nitrogens is 1. The highest BCUT2D eigenvalue weighted by Gasteiger charge is 2.11. The number of pyridine rings is 1. The van der Waals surface area contributed by atoms with Crippen LogP contribution in [0.3, 0.4) is 0 Å². The molecule has 0 bridgehead atoms. The van der Waals surface area contributed by atoms with Gasteiger partial charge < -0.3 is 11.5 Å². The fourth-order valence-corrected chi connectivity index (χ4v) is 2.41. The molecule has 0 aliphatic rings. The highest BCUT2D eigenvalue weighted by atomic mass is 14.8. The van der Waals surface area contributed by atoms with Crippen LogP contribution < -0.4 is 11.5 Å². The lowest BCUT2D eigenvalue weighted by Gasteiger charge is -2.13. The molecule has 0 aliphatic carbocycles. The number of fused-ring (bicyclic) bond motifs is 1. The normalized spacial score (nSPS) is 11.0. The lowest BCUT2D eigenvalue weighted by atomic mass is 9.97. The Labute approximate surface area is 108 Å². The minimum absolute atomic E-state index is 0.463. The lowest BCUT2D eigenvalue weighted by molar-refractivity contribution is 0.715. The average molecular weight is 243 g/mol. The van der Waals surface area contributed by atoms with Crippen LogP contribution in [0, 0.1) is 0 Å². The number of aryl methyl sites for hydroxylation is 1. The van der Waals surface area contributed by atoms with Gasteiger partial charge in [0.1, 0.15) is 5.82 Å². The third-order valence-corrected chi connectivity index (χ3v) is 3.38. The second-order valence-electron chi connectivity index (χ2n) is 4.63. The van der Waals surface area contributed by atoms with Gasteiger partial charge in [0.05, 0.1) is 5.52 Å². The van der Waals surface area contributed by atoms with Crippen molar-refractivity contribution >= 4 is 16.7 Å². The zero-order valence-electron chi connectivity index (χ0n) is 10.9. The van der Waals surface area contributed by atoms with Crippen LogP contribution in [0.25, 0.3) is 10.9 Å². The van der Waals surface area contributed by atoms with Crippen LogP contribution in [0.4, 0.5) is 5.82 Å². The topological polar surface area (TPSA) is 64.9 Å². The van der Waals surface area contributed by atoms with Gasteiger partial charge in [0.2, 0.25) is 0 Å². The molecule has 0 radical (unpaired) electrons. The number of benzene rings is 1. The van der Waals surface area contributed by atoms with Crippen molar-refractivity contribution in [1.82, 2.24) is 4.98 Å². The minimum Gasteiger partial charge on any atom is -0.383 e. The third-order valence-electron chi connectivity index (χ3n) is 3.38. The number of unbranched alkanes of at least 4 members (excludes halogenated alkanes) is 2. The molecule has 0 saturated carbocycles. The van der Waals surface area contributed by atoms with E-state index in [-0.39, 0.29) is 0 Å². The number of anilines is 1. The Bertz CT molecular complexity index is 534. The quantitative estimate of drug-likeness (QED) is 0.793. The molecule has 3 nitrogen and oxygen atoms in total. The van der Waals surface area contributed by atoms with Crippen LogP contribution in [0.15, 0.2) is 24.3 Å². The largest absolute Gasteiger partial charge is 0.383 e. The van der Waals surface area contributed by atoms with Crippen molar-refractivity contribution < 1.29 is 0 Å². The molecule has 3 heteroatoms. The molecule has 1 aromatic carbocycles. The van der Waals surface area contributed by atoms with Crippen molar-refractivity contribution in [3.8, 4) is 0 Å². The van der Waals surface area contributed by atoms with Gasteiger partial charge in [-0.3, -0.25) is 0 Å².